The number of ether oxygens (including phenoxy) is 1. The second kappa shape index (κ2) is 8.80. The first-order valence-electron chi connectivity index (χ1n) is 7.43. The molecule has 0 atom stereocenters. The van der Waals surface area contributed by atoms with Crippen molar-refractivity contribution in [1.82, 2.24) is 10.2 Å². The van der Waals surface area contributed by atoms with E-state index in [1.54, 1.807) is 0 Å². The first-order valence-corrected chi connectivity index (χ1v) is 8.58. The summed E-state index contributed by atoms with van der Waals surface area (Å²) in [5.74, 6) is 1.90. The van der Waals surface area contributed by atoms with Gasteiger partial charge in [-0.1, -0.05) is 12.1 Å². The maximum atomic E-state index is 11.9. The van der Waals surface area contributed by atoms with Gasteiger partial charge >= 0.3 is 5.97 Å². The van der Waals surface area contributed by atoms with Gasteiger partial charge in [-0.2, -0.15) is 11.8 Å². The third kappa shape index (κ3) is 5.35. The first-order chi connectivity index (χ1) is 10.7. The molecule has 1 aliphatic rings. The van der Waals surface area contributed by atoms with Gasteiger partial charge in [0.1, 0.15) is 0 Å². The second-order valence-electron chi connectivity index (χ2n) is 5.17. The quantitative estimate of drug-likeness (QED) is 0.805. The molecule has 0 aromatic heterocycles. The summed E-state index contributed by atoms with van der Waals surface area (Å²) < 4.78 is 4.53. The molecule has 0 spiro atoms. The van der Waals surface area contributed by atoms with Crippen LogP contribution in [0, 0.1) is 0 Å². The standard InChI is InChI=1S/C16H22N2O3S/c1-21-15(19)6-7-17-16(20)14-4-2-13(3-5-14)12-18-8-10-22-11-9-18/h2-5H,6-12H2,1H3,(H,17,20). The van der Waals surface area contributed by atoms with Gasteiger partial charge in [0.25, 0.3) is 5.91 Å². The van der Waals surface area contributed by atoms with Crippen molar-refractivity contribution in [1.29, 1.82) is 0 Å². The summed E-state index contributed by atoms with van der Waals surface area (Å²) in [4.78, 5) is 25.4. The van der Waals surface area contributed by atoms with Crippen LogP contribution in [0.5, 0.6) is 0 Å². The van der Waals surface area contributed by atoms with Crippen molar-refractivity contribution in [2.24, 2.45) is 0 Å². The summed E-state index contributed by atoms with van der Waals surface area (Å²) in [7, 11) is 1.34. The summed E-state index contributed by atoms with van der Waals surface area (Å²) in [6, 6.07) is 7.66. The molecule has 1 amide bonds. The zero-order valence-corrected chi connectivity index (χ0v) is 13.7. The molecule has 2 rings (SSSR count). The highest BCUT2D eigenvalue weighted by Crippen LogP contribution is 2.13. The number of nitrogens with zero attached hydrogens (tertiary/aromatic N) is 1. The molecular weight excluding hydrogens is 300 g/mol. The van der Waals surface area contributed by atoms with E-state index in [-0.39, 0.29) is 18.3 Å². The molecule has 1 aromatic carbocycles. The average Bonchev–Trinajstić information content (AvgIpc) is 2.56. The summed E-state index contributed by atoms with van der Waals surface area (Å²) in [6.45, 7) is 3.48. The Balaban J connectivity index is 1.80. The molecule has 1 aliphatic heterocycles. The van der Waals surface area contributed by atoms with Crippen LogP contribution < -0.4 is 5.32 Å². The molecule has 1 N–H and O–H groups in total. The van der Waals surface area contributed by atoms with Crippen molar-refractivity contribution >= 4 is 23.6 Å². The van der Waals surface area contributed by atoms with Crippen LogP contribution in [0.1, 0.15) is 22.3 Å². The van der Waals surface area contributed by atoms with Gasteiger partial charge in [0.2, 0.25) is 0 Å². The Morgan fingerprint density at radius 1 is 1.23 bits per heavy atom. The number of nitrogens with one attached hydrogen (secondary N) is 1. The van der Waals surface area contributed by atoms with Gasteiger partial charge in [0, 0.05) is 43.2 Å². The molecule has 1 saturated heterocycles. The fraction of sp³-hybridized carbons (Fsp3) is 0.500. The lowest BCUT2D eigenvalue weighted by Crippen LogP contribution is -2.32. The van der Waals surface area contributed by atoms with E-state index in [4.69, 9.17) is 0 Å². The Bertz CT molecular complexity index is 499. The Morgan fingerprint density at radius 2 is 1.91 bits per heavy atom. The summed E-state index contributed by atoms with van der Waals surface area (Å²) >= 11 is 2.00. The van der Waals surface area contributed by atoms with Gasteiger partial charge < -0.3 is 10.1 Å². The highest BCUT2D eigenvalue weighted by atomic mass is 32.2. The molecule has 0 aliphatic carbocycles. The Kier molecular flexibility index (Phi) is 6.74. The zero-order chi connectivity index (χ0) is 15.8. The van der Waals surface area contributed by atoms with Gasteiger partial charge in [-0.05, 0) is 17.7 Å². The fourth-order valence-electron chi connectivity index (χ4n) is 2.26. The summed E-state index contributed by atoms with van der Waals surface area (Å²) in [5.41, 5.74) is 1.83. The van der Waals surface area contributed by atoms with Crippen LogP contribution in [-0.2, 0) is 16.1 Å². The number of carbonyl (C=O) groups excluding carboxylic acids is 2. The minimum Gasteiger partial charge on any atom is -0.469 e. The highest BCUT2D eigenvalue weighted by molar-refractivity contribution is 7.99. The maximum Gasteiger partial charge on any atom is 0.307 e. The molecule has 120 valence electrons. The molecule has 0 unspecified atom stereocenters. The van der Waals surface area contributed by atoms with Gasteiger partial charge in [-0.15, -0.1) is 0 Å². The van der Waals surface area contributed by atoms with Crippen LogP contribution in [0.25, 0.3) is 0 Å². The van der Waals surface area contributed by atoms with E-state index in [9.17, 15) is 9.59 Å². The van der Waals surface area contributed by atoms with Crippen molar-refractivity contribution in [3.8, 4) is 0 Å². The molecule has 1 aromatic rings. The molecule has 1 heterocycles. The zero-order valence-electron chi connectivity index (χ0n) is 12.8. The lowest BCUT2D eigenvalue weighted by molar-refractivity contribution is -0.140. The van der Waals surface area contributed by atoms with E-state index in [0.717, 1.165) is 19.6 Å². The molecule has 6 heteroatoms. The van der Waals surface area contributed by atoms with E-state index in [2.05, 4.69) is 15.0 Å². The van der Waals surface area contributed by atoms with E-state index in [0.29, 0.717) is 12.1 Å². The molecule has 0 saturated carbocycles. The largest absolute Gasteiger partial charge is 0.469 e. The van der Waals surface area contributed by atoms with Crippen molar-refractivity contribution in [3.63, 3.8) is 0 Å². The number of hydrogen-bond acceptors (Lipinski definition) is 5. The van der Waals surface area contributed by atoms with Gasteiger partial charge in [-0.3, -0.25) is 14.5 Å². The van der Waals surface area contributed by atoms with Crippen LogP contribution >= 0.6 is 11.8 Å². The van der Waals surface area contributed by atoms with Crippen molar-refractivity contribution in [3.05, 3.63) is 35.4 Å². The minimum atomic E-state index is -0.324. The molecule has 22 heavy (non-hydrogen) atoms. The molecule has 1 fully saturated rings. The van der Waals surface area contributed by atoms with Gasteiger partial charge in [-0.25, -0.2) is 0 Å². The van der Waals surface area contributed by atoms with Gasteiger partial charge in [0.05, 0.1) is 13.5 Å². The second-order valence-corrected chi connectivity index (χ2v) is 6.39. The highest BCUT2D eigenvalue weighted by Gasteiger charge is 2.11. The van der Waals surface area contributed by atoms with E-state index in [1.165, 1.54) is 24.2 Å². The topological polar surface area (TPSA) is 58.6 Å². The van der Waals surface area contributed by atoms with Gasteiger partial charge in [0.15, 0.2) is 0 Å². The Morgan fingerprint density at radius 3 is 2.55 bits per heavy atom. The predicted molar refractivity (Wildman–Crippen MR) is 88.0 cm³/mol. The molecule has 5 nitrogen and oxygen atoms in total. The lowest BCUT2D eigenvalue weighted by atomic mass is 10.1. The number of benzene rings is 1. The molecule has 0 bridgehead atoms. The van der Waals surface area contributed by atoms with Crippen LogP contribution in [0.4, 0.5) is 0 Å². The number of amides is 1. The third-order valence-corrected chi connectivity index (χ3v) is 4.51. The number of carbonyl (C=O) groups is 2. The maximum absolute atomic E-state index is 11.9. The minimum absolute atomic E-state index is 0.162. The first kappa shape index (κ1) is 16.8. The van der Waals surface area contributed by atoms with E-state index >= 15 is 0 Å². The van der Waals surface area contributed by atoms with Crippen molar-refractivity contribution in [2.75, 3.05) is 38.2 Å². The monoisotopic (exact) mass is 322 g/mol. The van der Waals surface area contributed by atoms with E-state index in [1.807, 2.05) is 36.0 Å². The van der Waals surface area contributed by atoms with Crippen molar-refractivity contribution in [2.45, 2.75) is 13.0 Å². The number of rotatable bonds is 6. The molecule has 0 radical (unpaired) electrons. The number of methoxy groups -OCH3 is 1. The number of esters is 1. The molecular formula is C16H22N2O3S. The number of thioether (sulfide) groups is 1. The normalized spacial score (nSPS) is 15.3. The fourth-order valence-corrected chi connectivity index (χ4v) is 3.24. The smallest absolute Gasteiger partial charge is 0.307 e. The van der Waals surface area contributed by atoms with Crippen LogP contribution in [0.15, 0.2) is 24.3 Å². The predicted octanol–water partition coefficient (Wildman–Crippen LogP) is 1.53. The number of hydrogen-bond donors (Lipinski definition) is 1. The lowest BCUT2D eigenvalue weighted by Gasteiger charge is -2.26. The summed E-state index contributed by atoms with van der Waals surface area (Å²) in [6.07, 6.45) is 0.188. The van der Waals surface area contributed by atoms with Crippen LogP contribution in [0.3, 0.4) is 0 Å². The van der Waals surface area contributed by atoms with Crippen LogP contribution in [-0.4, -0.2) is 55.0 Å². The van der Waals surface area contributed by atoms with Crippen LogP contribution in [0.2, 0.25) is 0 Å². The Labute approximate surface area is 135 Å². The SMILES string of the molecule is COC(=O)CCNC(=O)c1ccc(CN2CCSCC2)cc1. The average molecular weight is 322 g/mol. The van der Waals surface area contributed by atoms with Crippen molar-refractivity contribution < 1.29 is 14.3 Å². The van der Waals surface area contributed by atoms with E-state index < -0.39 is 0 Å². The third-order valence-electron chi connectivity index (χ3n) is 3.57. The Hall–Kier alpha value is -1.53. The summed E-state index contributed by atoms with van der Waals surface area (Å²) in [5, 5.41) is 2.71.